The molecule has 0 aliphatic carbocycles. The second kappa shape index (κ2) is 6.37. The van der Waals surface area contributed by atoms with Crippen molar-refractivity contribution in [1.82, 2.24) is 19.7 Å². The van der Waals surface area contributed by atoms with Crippen molar-refractivity contribution in [3.05, 3.63) is 41.5 Å². The molecule has 0 N–H and O–H groups in total. The molecular formula is C16H20N4O3. The van der Waals surface area contributed by atoms with Crippen LogP contribution in [0.2, 0.25) is 0 Å². The highest BCUT2D eigenvalue weighted by Crippen LogP contribution is 2.24. The molecule has 1 saturated heterocycles. The number of amides is 1. The minimum absolute atomic E-state index is 0.0289. The number of carbonyl (C=O) groups is 1. The molecule has 122 valence electrons. The van der Waals surface area contributed by atoms with Gasteiger partial charge in [0.25, 0.3) is 5.91 Å². The Morgan fingerprint density at radius 3 is 2.96 bits per heavy atom. The molecule has 2 aromatic rings. The number of aryl methyl sites for hydroxylation is 2. The maximum Gasteiger partial charge on any atom is 0.254 e. The monoisotopic (exact) mass is 316 g/mol. The van der Waals surface area contributed by atoms with E-state index < -0.39 is 0 Å². The van der Waals surface area contributed by atoms with Gasteiger partial charge < -0.3 is 18.9 Å². The van der Waals surface area contributed by atoms with Crippen LogP contribution in [0.3, 0.4) is 0 Å². The van der Waals surface area contributed by atoms with Crippen molar-refractivity contribution in [2.75, 3.05) is 26.8 Å². The third kappa shape index (κ3) is 3.05. The molecule has 1 aromatic heterocycles. The van der Waals surface area contributed by atoms with Crippen LogP contribution < -0.4 is 4.74 Å². The topological polar surface area (TPSA) is 69.5 Å². The third-order valence-corrected chi connectivity index (χ3v) is 4.04. The lowest BCUT2D eigenvalue weighted by molar-refractivity contribution is -0.0281. The van der Waals surface area contributed by atoms with Crippen molar-refractivity contribution >= 4 is 5.91 Å². The second-order valence-corrected chi connectivity index (χ2v) is 5.60. The molecule has 2 heterocycles. The minimum Gasteiger partial charge on any atom is -0.496 e. The van der Waals surface area contributed by atoms with Crippen LogP contribution in [0.25, 0.3) is 0 Å². The summed E-state index contributed by atoms with van der Waals surface area (Å²) in [7, 11) is 3.47. The van der Waals surface area contributed by atoms with E-state index in [1.165, 1.54) is 0 Å². The first-order chi connectivity index (χ1) is 11.1. The molecule has 1 fully saturated rings. The molecule has 1 aromatic carbocycles. The molecule has 1 atom stereocenters. The number of morpholine rings is 1. The molecule has 0 radical (unpaired) electrons. The normalized spacial score (nSPS) is 18.0. The zero-order valence-electron chi connectivity index (χ0n) is 13.5. The first-order valence-electron chi connectivity index (χ1n) is 7.49. The summed E-state index contributed by atoms with van der Waals surface area (Å²) in [6.45, 7) is 3.45. The standard InChI is InChI=1S/C16H20N4O3/c1-11-4-5-12(8-13(11)22-3)16(21)20-6-7-23-14(9-20)15-18-17-10-19(15)2/h4-5,8,10,14H,6-7,9H2,1-3H3. The predicted molar refractivity (Wildman–Crippen MR) is 83.3 cm³/mol. The molecule has 1 unspecified atom stereocenters. The number of carbonyl (C=O) groups excluding carboxylic acids is 1. The average Bonchev–Trinajstić information content (AvgIpc) is 3.01. The lowest BCUT2D eigenvalue weighted by Crippen LogP contribution is -2.42. The molecular weight excluding hydrogens is 296 g/mol. The molecule has 0 saturated carbocycles. The summed E-state index contributed by atoms with van der Waals surface area (Å²) in [6, 6.07) is 5.50. The molecule has 7 nitrogen and oxygen atoms in total. The predicted octanol–water partition coefficient (Wildman–Crippen LogP) is 1.35. The first kappa shape index (κ1) is 15.5. The maximum atomic E-state index is 12.8. The Balaban J connectivity index is 1.78. The maximum absolute atomic E-state index is 12.8. The zero-order valence-corrected chi connectivity index (χ0v) is 13.5. The lowest BCUT2D eigenvalue weighted by Gasteiger charge is -2.32. The highest BCUT2D eigenvalue weighted by molar-refractivity contribution is 5.94. The Morgan fingerprint density at radius 2 is 2.26 bits per heavy atom. The van der Waals surface area contributed by atoms with E-state index in [1.54, 1.807) is 24.4 Å². The van der Waals surface area contributed by atoms with Crippen LogP contribution >= 0.6 is 0 Å². The summed E-state index contributed by atoms with van der Waals surface area (Å²) in [5.41, 5.74) is 1.62. The van der Waals surface area contributed by atoms with Crippen molar-refractivity contribution in [3.63, 3.8) is 0 Å². The number of nitrogens with zero attached hydrogens (tertiary/aromatic N) is 4. The Morgan fingerprint density at radius 1 is 1.43 bits per heavy atom. The van der Waals surface area contributed by atoms with Crippen molar-refractivity contribution < 1.29 is 14.3 Å². The molecule has 1 aliphatic heterocycles. The summed E-state index contributed by atoms with van der Waals surface area (Å²) < 4.78 is 12.9. The van der Waals surface area contributed by atoms with Crippen molar-refractivity contribution in [3.8, 4) is 5.75 Å². The van der Waals surface area contributed by atoms with Gasteiger partial charge in [-0.05, 0) is 24.6 Å². The van der Waals surface area contributed by atoms with E-state index in [2.05, 4.69) is 10.2 Å². The summed E-state index contributed by atoms with van der Waals surface area (Å²) in [5.74, 6) is 1.41. The minimum atomic E-state index is -0.257. The fourth-order valence-electron chi connectivity index (χ4n) is 2.71. The van der Waals surface area contributed by atoms with E-state index in [9.17, 15) is 4.79 Å². The lowest BCUT2D eigenvalue weighted by atomic mass is 10.1. The van der Waals surface area contributed by atoms with Gasteiger partial charge in [-0.3, -0.25) is 4.79 Å². The first-order valence-corrected chi connectivity index (χ1v) is 7.49. The summed E-state index contributed by atoms with van der Waals surface area (Å²) in [6.07, 6.45) is 1.37. The van der Waals surface area contributed by atoms with Gasteiger partial charge in [0.05, 0.1) is 20.3 Å². The van der Waals surface area contributed by atoms with Gasteiger partial charge in [0, 0.05) is 19.2 Å². The van der Waals surface area contributed by atoms with Crippen LogP contribution in [0.15, 0.2) is 24.5 Å². The summed E-state index contributed by atoms with van der Waals surface area (Å²) >= 11 is 0. The van der Waals surface area contributed by atoms with E-state index in [0.717, 1.165) is 11.4 Å². The van der Waals surface area contributed by atoms with Gasteiger partial charge in [0.15, 0.2) is 5.82 Å². The van der Waals surface area contributed by atoms with E-state index in [0.29, 0.717) is 31.0 Å². The molecule has 3 rings (SSSR count). The van der Waals surface area contributed by atoms with Crippen LogP contribution in [-0.4, -0.2) is 52.4 Å². The largest absolute Gasteiger partial charge is 0.496 e. The molecule has 0 spiro atoms. The SMILES string of the molecule is COc1cc(C(=O)N2CCOC(c3nncn3C)C2)ccc1C. The van der Waals surface area contributed by atoms with Crippen molar-refractivity contribution in [2.45, 2.75) is 13.0 Å². The second-order valence-electron chi connectivity index (χ2n) is 5.60. The number of methoxy groups -OCH3 is 1. The van der Waals surface area contributed by atoms with E-state index in [4.69, 9.17) is 9.47 Å². The van der Waals surface area contributed by atoms with Gasteiger partial charge in [-0.25, -0.2) is 0 Å². The summed E-state index contributed by atoms with van der Waals surface area (Å²) in [4.78, 5) is 14.5. The fourth-order valence-corrected chi connectivity index (χ4v) is 2.71. The number of rotatable bonds is 3. The van der Waals surface area contributed by atoms with E-state index in [-0.39, 0.29) is 12.0 Å². The van der Waals surface area contributed by atoms with Crippen LogP contribution in [0.5, 0.6) is 5.75 Å². The number of benzene rings is 1. The van der Waals surface area contributed by atoms with Crippen LogP contribution in [0.4, 0.5) is 0 Å². The quantitative estimate of drug-likeness (QED) is 0.855. The Labute approximate surface area is 134 Å². The molecule has 1 amide bonds. The van der Waals surface area contributed by atoms with Gasteiger partial charge in [0.1, 0.15) is 18.2 Å². The third-order valence-electron chi connectivity index (χ3n) is 4.04. The summed E-state index contributed by atoms with van der Waals surface area (Å²) in [5, 5.41) is 7.95. The van der Waals surface area contributed by atoms with Crippen LogP contribution in [0, 0.1) is 6.92 Å². The Hall–Kier alpha value is -2.41. The van der Waals surface area contributed by atoms with Crippen LogP contribution in [-0.2, 0) is 11.8 Å². The molecule has 1 aliphatic rings. The highest BCUT2D eigenvalue weighted by atomic mass is 16.5. The Kier molecular flexibility index (Phi) is 4.29. The number of hydrogen-bond donors (Lipinski definition) is 0. The van der Waals surface area contributed by atoms with Gasteiger partial charge >= 0.3 is 0 Å². The molecule has 0 bridgehead atoms. The fraction of sp³-hybridized carbons (Fsp3) is 0.438. The van der Waals surface area contributed by atoms with Gasteiger partial charge in [-0.1, -0.05) is 6.07 Å². The Bertz CT molecular complexity index is 713. The van der Waals surface area contributed by atoms with Crippen molar-refractivity contribution in [2.24, 2.45) is 7.05 Å². The van der Waals surface area contributed by atoms with Gasteiger partial charge in [-0.2, -0.15) is 0 Å². The highest BCUT2D eigenvalue weighted by Gasteiger charge is 2.29. The number of hydrogen-bond acceptors (Lipinski definition) is 5. The van der Waals surface area contributed by atoms with Crippen molar-refractivity contribution in [1.29, 1.82) is 0 Å². The van der Waals surface area contributed by atoms with E-state index in [1.807, 2.05) is 30.7 Å². The number of ether oxygens (including phenoxy) is 2. The smallest absolute Gasteiger partial charge is 0.254 e. The van der Waals surface area contributed by atoms with Gasteiger partial charge in [0.2, 0.25) is 0 Å². The van der Waals surface area contributed by atoms with Gasteiger partial charge in [-0.15, -0.1) is 10.2 Å². The van der Waals surface area contributed by atoms with Crippen LogP contribution in [0.1, 0.15) is 27.8 Å². The average molecular weight is 316 g/mol. The van der Waals surface area contributed by atoms with E-state index >= 15 is 0 Å². The molecule has 7 heteroatoms. The molecule has 23 heavy (non-hydrogen) atoms. The zero-order chi connectivity index (χ0) is 16.4. The number of aromatic nitrogens is 3.